The number of amides is 4. The molecular formula is C25H30N4O8. The van der Waals surface area contributed by atoms with Gasteiger partial charge < -0.3 is 36.2 Å². The van der Waals surface area contributed by atoms with Crippen LogP contribution in [0.3, 0.4) is 0 Å². The Balaban J connectivity index is 1.87. The van der Waals surface area contributed by atoms with E-state index < -0.39 is 61.1 Å². The first-order valence-corrected chi connectivity index (χ1v) is 11.4. The molecular weight excluding hydrogens is 484 g/mol. The van der Waals surface area contributed by atoms with Crippen molar-refractivity contribution in [2.45, 2.75) is 38.1 Å². The summed E-state index contributed by atoms with van der Waals surface area (Å²) >= 11 is 0. The van der Waals surface area contributed by atoms with Crippen LogP contribution in [0.1, 0.15) is 18.1 Å². The highest BCUT2D eigenvalue weighted by atomic mass is 16.5. The summed E-state index contributed by atoms with van der Waals surface area (Å²) in [7, 11) is 0. The van der Waals surface area contributed by atoms with E-state index in [1.165, 1.54) is 6.92 Å². The van der Waals surface area contributed by atoms with Gasteiger partial charge in [0.25, 0.3) is 0 Å². The van der Waals surface area contributed by atoms with Crippen molar-refractivity contribution in [3.8, 4) is 0 Å². The number of ether oxygens (including phenoxy) is 1. The zero-order valence-corrected chi connectivity index (χ0v) is 20.2. The van der Waals surface area contributed by atoms with Crippen molar-refractivity contribution >= 4 is 29.8 Å². The molecule has 2 aromatic carbocycles. The molecule has 12 heteroatoms. The number of aliphatic hydroxyl groups is 1. The molecule has 3 atom stereocenters. The normalized spacial score (nSPS) is 12.8. The van der Waals surface area contributed by atoms with Gasteiger partial charge in [-0.3, -0.25) is 14.4 Å². The first-order valence-electron chi connectivity index (χ1n) is 11.4. The molecule has 0 saturated carbocycles. The molecule has 0 aliphatic carbocycles. The average Bonchev–Trinajstić information content (AvgIpc) is 2.89. The number of aliphatic hydroxyl groups excluding tert-OH is 1. The van der Waals surface area contributed by atoms with E-state index >= 15 is 0 Å². The standard InChI is InChI=1S/C25H30N4O8/c1-16(27-25(36)37-15-18-10-6-3-7-11-18)22(32)26-13-21(31)28-19(12-17-8-4-2-5-9-17)23(33)29-20(14-30)24(34)35/h2-11,16,19-20,30H,12-15H2,1H3,(H,26,32)(H,27,36)(H,28,31)(H,29,33)(H,34,35)/t16-,19-,20-/m0/s1. The maximum Gasteiger partial charge on any atom is 0.408 e. The van der Waals surface area contributed by atoms with E-state index in [0.717, 1.165) is 5.56 Å². The minimum Gasteiger partial charge on any atom is -0.480 e. The molecule has 0 radical (unpaired) electrons. The third-order valence-electron chi connectivity index (χ3n) is 5.10. The highest BCUT2D eigenvalue weighted by molar-refractivity contribution is 5.93. The maximum absolute atomic E-state index is 12.6. The number of carboxylic acid groups (broad SMARTS) is 1. The molecule has 12 nitrogen and oxygen atoms in total. The Morgan fingerprint density at radius 1 is 0.811 bits per heavy atom. The van der Waals surface area contributed by atoms with Gasteiger partial charge in [-0.05, 0) is 18.1 Å². The summed E-state index contributed by atoms with van der Waals surface area (Å²) in [6, 6.07) is 13.9. The van der Waals surface area contributed by atoms with E-state index in [0.29, 0.717) is 5.56 Å². The van der Waals surface area contributed by atoms with Crippen LogP contribution in [0.5, 0.6) is 0 Å². The number of nitrogens with one attached hydrogen (secondary N) is 4. The van der Waals surface area contributed by atoms with E-state index in [-0.39, 0.29) is 13.0 Å². The number of carbonyl (C=O) groups excluding carboxylic acids is 4. The summed E-state index contributed by atoms with van der Waals surface area (Å²) < 4.78 is 5.05. The van der Waals surface area contributed by atoms with Crippen LogP contribution in [0.4, 0.5) is 4.79 Å². The predicted octanol–water partition coefficient (Wildman–Crippen LogP) is -0.293. The summed E-state index contributed by atoms with van der Waals surface area (Å²) in [5.41, 5.74) is 1.46. The minimum absolute atomic E-state index is 0.0211. The highest BCUT2D eigenvalue weighted by Gasteiger charge is 2.27. The number of alkyl carbamates (subject to hydrolysis) is 1. The second-order valence-electron chi connectivity index (χ2n) is 8.04. The number of benzene rings is 2. The van der Waals surface area contributed by atoms with Crippen LogP contribution in [0.15, 0.2) is 60.7 Å². The zero-order valence-electron chi connectivity index (χ0n) is 20.2. The average molecular weight is 515 g/mol. The largest absolute Gasteiger partial charge is 0.480 e. The van der Waals surface area contributed by atoms with E-state index in [9.17, 15) is 29.1 Å². The van der Waals surface area contributed by atoms with Gasteiger partial charge in [-0.25, -0.2) is 9.59 Å². The topological polar surface area (TPSA) is 183 Å². The SMILES string of the molecule is C[C@H](NC(=O)OCc1ccccc1)C(=O)NCC(=O)N[C@@H](Cc1ccccc1)C(=O)N[C@@H](CO)C(=O)O. The van der Waals surface area contributed by atoms with Crippen molar-refractivity contribution in [3.63, 3.8) is 0 Å². The number of hydrogen-bond donors (Lipinski definition) is 6. The lowest BCUT2D eigenvalue weighted by atomic mass is 10.0. The van der Waals surface area contributed by atoms with Gasteiger partial charge in [0.1, 0.15) is 24.7 Å². The Labute approximate surface area is 213 Å². The van der Waals surface area contributed by atoms with Crippen molar-refractivity contribution in [1.29, 1.82) is 0 Å². The molecule has 0 aliphatic rings. The van der Waals surface area contributed by atoms with Crippen LogP contribution in [-0.2, 0) is 36.9 Å². The van der Waals surface area contributed by atoms with Crippen LogP contribution in [0.2, 0.25) is 0 Å². The van der Waals surface area contributed by atoms with Crippen LogP contribution < -0.4 is 21.3 Å². The molecule has 0 spiro atoms. The molecule has 0 aliphatic heterocycles. The Kier molecular flexibility index (Phi) is 11.5. The van der Waals surface area contributed by atoms with Gasteiger partial charge in [-0.15, -0.1) is 0 Å². The lowest BCUT2D eigenvalue weighted by molar-refractivity contribution is -0.143. The first-order chi connectivity index (χ1) is 17.7. The Bertz CT molecular complexity index is 1060. The molecule has 2 rings (SSSR count). The van der Waals surface area contributed by atoms with E-state index in [2.05, 4.69) is 21.3 Å². The quantitative estimate of drug-likeness (QED) is 0.211. The van der Waals surface area contributed by atoms with E-state index in [4.69, 9.17) is 9.84 Å². The molecule has 0 aromatic heterocycles. The van der Waals surface area contributed by atoms with Crippen molar-refractivity contribution in [1.82, 2.24) is 21.3 Å². The van der Waals surface area contributed by atoms with Gasteiger partial charge in [0, 0.05) is 6.42 Å². The van der Waals surface area contributed by atoms with E-state index in [1.54, 1.807) is 54.6 Å². The number of rotatable bonds is 13. The summed E-state index contributed by atoms with van der Waals surface area (Å²) in [5, 5.41) is 27.6. The lowest BCUT2D eigenvalue weighted by Crippen LogP contribution is -2.55. The number of aliphatic carboxylic acids is 1. The van der Waals surface area contributed by atoms with Gasteiger partial charge in [0.2, 0.25) is 17.7 Å². The second-order valence-corrected chi connectivity index (χ2v) is 8.04. The molecule has 0 heterocycles. The Hall–Kier alpha value is -4.45. The molecule has 37 heavy (non-hydrogen) atoms. The fourth-order valence-electron chi connectivity index (χ4n) is 3.09. The van der Waals surface area contributed by atoms with Crippen molar-refractivity contribution in [3.05, 3.63) is 71.8 Å². The Morgan fingerprint density at radius 3 is 1.97 bits per heavy atom. The van der Waals surface area contributed by atoms with Crippen LogP contribution >= 0.6 is 0 Å². The van der Waals surface area contributed by atoms with Gasteiger partial charge >= 0.3 is 12.1 Å². The van der Waals surface area contributed by atoms with Gasteiger partial charge in [-0.2, -0.15) is 0 Å². The summed E-state index contributed by atoms with van der Waals surface area (Å²) in [5.74, 6) is -3.64. The van der Waals surface area contributed by atoms with Crippen LogP contribution in [0.25, 0.3) is 0 Å². The van der Waals surface area contributed by atoms with Crippen LogP contribution in [0, 0.1) is 0 Å². The number of carboxylic acids is 1. The Morgan fingerprint density at radius 2 is 1.41 bits per heavy atom. The monoisotopic (exact) mass is 514 g/mol. The molecule has 0 bridgehead atoms. The van der Waals surface area contributed by atoms with Crippen molar-refractivity contribution in [2.24, 2.45) is 0 Å². The minimum atomic E-state index is -1.55. The van der Waals surface area contributed by atoms with Gasteiger partial charge in [0.15, 0.2) is 0 Å². The fourth-order valence-corrected chi connectivity index (χ4v) is 3.09. The molecule has 0 saturated heterocycles. The zero-order chi connectivity index (χ0) is 27.2. The highest BCUT2D eigenvalue weighted by Crippen LogP contribution is 2.04. The molecule has 0 unspecified atom stereocenters. The predicted molar refractivity (Wildman–Crippen MR) is 131 cm³/mol. The van der Waals surface area contributed by atoms with Crippen LogP contribution in [-0.4, -0.2) is 71.3 Å². The molecule has 4 amide bonds. The smallest absolute Gasteiger partial charge is 0.408 e. The third kappa shape index (κ3) is 10.4. The maximum atomic E-state index is 12.6. The summed E-state index contributed by atoms with van der Waals surface area (Å²) in [6.45, 7) is 0.0869. The second kappa shape index (κ2) is 14.8. The van der Waals surface area contributed by atoms with Crippen molar-refractivity contribution in [2.75, 3.05) is 13.2 Å². The first kappa shape index (κ1) is 28.8. The third-order valence-corrected chi connectivity index (χ3v) is 5.10. The van der Waals surface area contributed by atoms with Gasteiger partial charge in [0.05, 0.1) is 13.2 Å². The summed E-state index contributed by atoms with van der Waals surface area (Å²) in [6.07, 6.45) is -0.776. The molecule has 0 fully saturated rings. The lowest BCUT2D eigenvalue weighted by Gasteiger charge is -2.21. The number of carbonyl (C=O) groups is 5. The molecule has 2 aromatic rings. The molecule has 6 N–H and O–H groups in total. The van der Waals surface area contributed by atoms with Crippen molar-refractivity contribution < 1.29 is 38.9 Å². The summed E-state index contributed by atoms with van der Waals surface area (Å²) in [4.78, 5) is 60.5. The molecule has 198 valence electrons. The number of hydrogen-bond acceptors (Lipinski definition) is 7. The van der Waals surface area contributed by atoms with Gasteiger partial charge in [-0.1, -0.05) is 60.7 Å². The van der Waals surface area contributed by atoms with E-state index in [1.807, 2.05) is 6.07 Å². The fraction of sp³-hybridized carbons (Fsp3) is 0.320.